The molecule has 1 saturated carbocycles. The number of carbonyl (C=O) groups is 10. The number of ether oxygens (including phenoxy) is 2. The largest absolute Gasteiger partial charge is 0.461 e. The average Bonchev–Trinajstić information content (AvgIpc) is 3.99. The molecule has 2 aromatic heterocycles. The number of aromatic amines is 1. The second-order valence-electron chi connectivity index (χ2n) is 20.6. The Kier molecular flexibility index (Phi) is 21.0. The predicted molar refractivity (Wildman–Crippen MR) is 297 cm³/mol. The number of benzene rings is 1. The van der Waals surface area contributed by atoms with Crippen molar-refractivity contribution in [3.8, 4) is 0 Å². The van der Waals surface area contributed by atoms with Gasteiger partial charge in [0.25, 0.3) is 11.8 Å². The first-order valence-electron chi connectivity index (χ1n) is 27.1. The topological polar surface area (TPSA) is 309 Å². The molecule has 0 spiro atoms. The van der Waals surface area contributed by atoms with Gasteiger partial charge >= 0.3 is 11.9 Å². The van der Waals surface area contributed by atoms with E-state index < -0.39 is 138 Å². The summed E-state index contributed by atoms with van der Waals surface area (Å²) in [5.74, 6) is -9.84. The van der Waals surface area contributed by atoms with Gasteiger partial charge in [-0.15, -0.1) is 0 Å². The van der Waals surface area contributed by atoms with Crippen LogP contribution in [-0.2, 0) is 47.8 Å². The molecule has 8 amide bonds. The number of para-hydroxylation sites is 2. The number of fused-ring (bicyclic) bond motifs is 5. The number of hydrogen-bond acceptors (Lipinski definition) is 15. The number of hydrogen-bond donors (Lipinski definition) is 5. The summed E-state index contributed by atoms with van der Waals surface area (Å²) in [6, 6.07) is -3.87. The highest BCUT2D eigenvalue weighted by molar-refractivity contribution is 6.00. The molecule has 1 aliphatic carbocycles. The Balaban J connectivity index is 1.45. The van der Waals surface area contributed by atoms with Crippen LogP contribution < -0.4 is 26.7 Å². The minimum atomic E-state index is -1.73. The minimum absolute atomic E-state index is 0.125. The van der Waals surface area contributed by atoms with Crippen molar-refractivity contribution < 1.29 is 57.4 Å². The average molecular weight is 1120 g/mol. The first kappa shape index (κ1) is 61.6. The maximum Gasteiger partial charge on any atom is 0.329 e. The lowest BCUT2D eigenvalue weighted by molar-refractivity contribution is -0.161. The fourth-order valence-corrected chi connectivity index (χ4v) is 10.5. The van der Waals surface area contributed by atoms with Crippen LogP contribution in [0.2, 0.25) is 0 Å². The van der Waals surface area contributed by atoms with E-state index in [4.69, 9.17) is 9.47 Å². The first-order valence-corrected chi connectivity index (χ1v) is 27.1. The molecule has 24 nitrogen and oxygen atoms in total. The van der Waals surface area contributed by atoms with Crippen LogP contribution in [0.25, 0.3) is 23.2 Å². The van der Waals surface area contributed by atoms with Crippen molar-refractivity contribution in [2.24, 2.45) is 11.8 Å². The zero-order valence-corrected chi connectivity index (χ0v) is 47.0. The summed E-state index contributed by atoms with van der Waals surface area (Å²) in [6.07, 6.45) is 9.53. The third-order valence-corrected chi connectivity index (χ3v) is 15.4. The van der Waals surface area contributed by atoms with Gasteiger partial charge in [-0.05, 0) is 69.6 Å². The summed E-state index contributed by atoms with van der Waals surface area (Å²) in [5.41, 5.74) is 0.0759. The van der Waals surface area contributed by atoms with E-state index in [1.165, 1.54) is 71.4 Å². The van der Waals surface area contributed by atoms with E-state index in [9.17, 15) is 43.2 Å². The van der Waals surface area contributed by atoms with Crippen molar-refractivity contribution in [3.05, 3.63) is 94.7 Å². The number of carbonyl (C=O) groups excluding carboxylic acids is 10. The molecule has 3 aromatic rings. The van der Waals surface area contributed by atoms with Gasteiger partial charge in [-0.2, -0.15) is 0 Å². The highest BCUT2D eigenvalue weighted by Gasteiger charge is 2.44. The van der Waals surface area contributed by atoms with Gasteiger partial charge in [-0.1, -0.05) is 83.0 Å². The summed E-state index contributed by atoms with van der Waals surface area (Å²) in [7, 11) is 5.40. The van der Waals surface area contributed by atoms with Crippen LogP contribution in [-0.4, -0.2) is 183 Å². The number of pyridine rings is 1. The van der Waals surface area contributed by atoms with Crippen molar-refractivity contribution in [2.45, 2.75) is 127 Å². The van der Waals surface area contributed by atoms with Crippen LogP contribution in [0.15, 0.2) is 66.6 Å². The number of likely N-dealkylation sites (N-methyl/N-ethyl adjacent to an activating group) is 4. The van der Waals surface area contributed by atoms with Crippen molar-refractivity contribution in [2.75, 3.05) is 41.4 Å². The van der Waals surface area contributed by atoms with Gasteiger partial charge in [0.2, 0.25) is 35.4 Å². The molecule has 24 heteroatoms. The number of amides is 8. The van der Waals surface area contributed by atoms with Crippen molar-refractivity contribution in [3.63, 3.8) is 0 Å². The molecular weight excluding hydrogens is 1050 g/mol. The van der Waals surface area contributed by atoms with E-state index in [-0.39, 0.29) is 35.5 Å². The molecule has 3 aliphatic rings. The Morgan fingerprint density at radius 3 is 1.75 bits per heavy atom. The van der Waals surface area contributed by atoms with E-state index in [1.807, 2.05) is 0 Å². The number of aromatic nitrogens is 3. The lowest BCUT2D eigenvalue weighted by Gasteiger charge is -2.38. The normalized spacial score (nSPS) is 25.1. The Morgan fingerprint density at radius 2 is 1.22 bits per heavy atom. The lowest BCUT2D eigenvalue weighted by Crippen LogP contribution is -2.60. The maximum absolute atomic E-state index is 15.1. The quantitative estimate of drug-likeness (QED) is 0.143. The Morgan fingerprint density at radius 1 is 0.704 bits per heavy atom. The molecule has 2 aliphatic heterocycles. The third kappa shape index (κ3) is 14.3. The van der Waals surface area contributed by atoms with Crippen LogP contribution in [0.4, 0.5) is 0 Å². The first-order chi connectivity index (χ1) is 38.6. The van der Waals surface area contributed by atoms with Crippen molar-refractivity contribution in [1.29, 1.82) is 0 Å². The fourth-order valence-electron chi connectivity index (χ4n) is 10.5. The van der Waals surface area contributed by atoms with Crippen molar-refractivity contribution >= 4 is 82.4 Å². The second-order valence-corrected chi connectivity index (χ2v) is 20.6. The van der Waals surface area contributed by atoms with Gasteiger partial charge in [0.1, 0.15) is 72.9 Å². The summed E-state index contributed by atoms with van der Waals surface area (Å²) in [6.45, 7) is 12.0. The SMILES string of the molecule is C=Cc1[nH]c(C(=O)NC2COC(=O)C(C3CCCC3)N(C)C(=O)[C@@H]3C/C=C\C[C@@H](C(=O)N(C)C(C(CC)CC)C(=O)OCC(NC(=O)c4cnc5ccccc5n4)C(=O)NC(C)C(=O)N3C)N(C)C(=O)C(C)NC2=O)cc(=O)c1C=C. The van der Waals surface area contributed by atoms with Gasteiger partial charge in [0.05, 0.1) is 17.2 Å². The molecule has 1 fully saturated rings. The molecule has 1 aromatic carbocycles. The summed E-state index contributed by atoms with van der Waals surface area (Å²) < 4.78 is 11.7. The molecule has 4 heterocycles. The highest BCUT2D eigenvalue weighted by Crippen LogP contribution is 2.32. The molecule has 0 saturated heterocycles. The molecule has 0 radical (unpaired) electrons. The lowest BCUT2D eigenvalue weighted by atomic mass is 9.92. The Labute approximate surface area is 469 Å². The fraction of sp³-hybridized carbons (Fsp3) is 0.491. The van der Waals surface area contributed by atoms with Gasteiger partial charge in [-0.3, -0.25) is 48.1 Å². The number of rotatable bonds is 10. The number of H-pyrrole nitrogens is 1. The monoisotopic (exact) mass is 1120 g/mol. The number of nitrogens with zero attached hydrogens (tertiary/aromatic N) is 6. The summed E-state index contributed by atoms with van der Waals surface area (Å²) in [5, 5.41) is 10.2. The second kappa shape index (κ2) is 27.5. The predicted octanol–water partition coefficient (Wildman–Crippen LogP) is 1.89. The van der Waals surface area contributed by atoms with Crippen LogP contribution in [0.3, 0.4) is 0 Å². The van der Waals surface area contributed by atoms with Crippen LogP contribution >= 0.6 is 0 Å². The third-order valence-electron chi connectivity index (χ3n) is 15.4. The smallest absolute Gasteiger partial charge is 0.329 e. The standard InChI is InChI=1S/C57H73N11O13/c1-11-33(12-2)46-56(78)80-30-42(64-49(71)40-28-58-37-23-17-18-24-38(37)62-40)51(73)60-32(6)53(75)66(8)44-26-20-19-25-43(54(76)67(46)9)65(7)52(74)31(5)59-50(72)41(63-48(70)39-27-45(69)35(13-3)36(14-4)61-39)29-81-57(79)47(68(10)55(44)77)34-21-15-16-22-34/h13-14,17-20,23-24,27-28,31-34,41-44,46-47H,3-4,11-12,15-16,21-22,25-26,29-30H2,1-2,5-10H3,(H,59,72)(H,60,73)(H,61,69)(H,63,70)(H,64,71)/b20-19-/t31?,32?,41?,42?,43-,44-,46?,47?/m0/s1. The zero-order valence-electron chi connectivity index (χ0n) is 47.0. The minimum Gasteiger partial charge on any atom is -0.461 e. The van der Waals surface area contributed by atoms with E-state index in [0.29, 0.717) is 49.6 Å². The summed E-state index contributed by atoms with van der Waals surface area (Å²) >= 11 is 0. The molecule has 6 unspecified atom stereocenters. The van der Waals surface area contributed by atoms with Crippen LogP contribution in [0.1, 0.15) is 111 Å². The number of cyclic esters (lactones) is 2. The molecular formula is C57H73N11O13. The zero-order chi connectivity index (χ0) is 59.4. The van der Waals surface area contributed by atoms with Gasteiger partial charge in [0, 0.05) is 45.5 Å². The number of nitrogens with one attached hydrogen (secondary N) is 5. The molecule has 6 rings (SSSR count). The molecule has 81 heavy (non-hydrogen) atoms. The van der Waals surface area contributed by atoms with E-state index >= 15 is 9.59 Å². The Bertz CT molecular complexity index is 3020. The van der Waals surface area contributed by atoms with E-state index in [0.717, 1.165) is 20.8 Å². The molecule has 434 valence electrons. The highest BCUT2D eigenvalue weighted by atomic mass is 16.5. The van der Waals surface area contributed by atoms with Crippen LogP contribution in [0.5, 0.6) is 0 Å². The Hall–Kier alpha value is -8.57. The molecule has 2 bridgehead atoms. The number of esters is 2. The van der Waals surface area contributed by atoms with Gasteiger partial charge in [-0.25, -0.2) is 14.6 Å². The molecule has 5 N–H and O–H groups in total. The van der Waals surface area contributed by atoms with Crippen LogP contribution in [0, 0.1) is 11.8 Å². The van der Waals surface area contributed by atoms with Gasteiger partial charge < -0.3 is 55.3 Å². The summed E-state index contributed by atoms with van der Waals surface area (Å²) in [4.78, 5) is 174. The van der Waals surface area contributed by atoms with Gasteiger partial charge in [0.15, 0.2) is 5.43 Å². The van der Waals surface area contributed by atoms with E-state index in [1.54, 1.807) is 44.2 Å². The maximum atomic E-state index is 15.1. The van der Waals surface area contributed by atoms with Crippen molar-refractivity contribution in [1.82, 2.24) is 55.8 Å². The molecule has 8 atom stereocenters. The van der Waals surface area contributed by atoms with E-state index in [2.05, 4.69) is 49.4 Å².